The van der Waals surface area contributed by atoms with Crippen molar-refractivity contribution in [2.45, 2.75) is 25.8 Å². The molecule has 1 saturated heterocycles. The number of hydrogen-bond acceptors (Lipinski definition) is 5. The molecule has 6 nitrogen and oxygen atoms in total. The van der Waals surface area contributed by atoms with Crippen LogP contribution in [0, 0.1) is 5.92 Å². The third-order valence-corrected chi connectivity index (χ3v) is 4.64. The van der Waals surface area contributed by atoms with Crippen molar-refractivity contribution >= 4 is 16.9 Å². The zero-order valence-electron chi connectivity index (χ0n) is 13.4. The van der Waals surface area contributed by atoms with Crippen LogP contribution in [0.1, 0.15) is 31.6 Å². The van der Waals surface area contributed by atoms with Crippen molar-refractivity contribution in [3.63, 3.8) is 0 Å². The second-order valence-electron chi connectivity index (χ2n) is 5.98. The minimum Gasteiger partial charge on any atom is -0.469 e. The fourth-order valence-corrected chi connectivity index (χ4v) is 3.16. The summed E-state index contributed by atoms with van der Waals surface area (Å²) in [5, 5.41) is 0.604. The predicted molar refractivity (Wildman–Crippen MR) is 87.1 cm³/mol. The van der Waals surface area contributed by atoms with E-state index >= 15 is 0 Å². The molecule has 3 rings (SSSR count). The molecular formula is C17H21N3O3. The van der Waals surface area contributed by atoms with Gasteiger partial charge in [-0.05, 0) is 45.0 Å². The van der Waals surface area contributed by atoms with Crippen molar-refractivity contribution in [3.05, 3.63) is 40.4 Å². The van der Waals surface area contributed by atoms with E-state index in [0.717, 1.165) is 25.9 Å². The number of nitrogens with zero attached hydrogens (tertiary/aromatic N) is 2. The Balaban J connectivity index is 1.78. The number of piperidine rings is 1. The third-order valence-electron chi connectivity index (χ3n) is 4.64. The number of methoxy groups -OCH3 is 1. The van der Waals surface area contributed by atoms with Crippen molar-refractivity contribution < 1.29 is 9.53 Å². The molecule has 2 heterocycles. The van der Waals surface area contributed by atoms with E-state index in [9.17, 15) is 9.59 Å². The first-order valence-corrected chi connectivity index (χ1v) is 7.91. The van der Waals surface area contributed by atoms with E-state index in [4.69, 9.17) is 4.74 Å². The van der Waals surface area contributed by atoms with E-state index in [1.165, 1.54) is 7.11 Å². The molecule has 1 aromatic carbocycles. The maximum absolute atomic E-state index is 12.2. The second-order valence-corrected chi connectivity index (χ2v) is 5.98. The largest absolute Gasteiger partial charge is 0.469 e. The average Bonchev–Trinajstić information content (AvgIpc) is 2.60. The summed E-state index contributed by atoms with van der Waals surface area (Å²) in [6.07, 6.45) is 1.55. The van der Waals surface area contributed by atoms with Crippen LogP contribution in [0.2, 0.25) is 0 Å². The van der Waals surface area contributed by atoms with Crippen molar-refractivity contribution in [2.24, 2.45) is 5.92 Å². The fraction of sp³-hybridized carbons (Fsp3) is 0.471. The van der Waals surface area contributed by atoms with Gasteiger partial charge < -0.3 is 9.72 Å². The quantitative estimate of drug-likeness (QED) is 0.875. The van der Waals surface area contributed by atoms with Gasteiger partial charge in [-0.2, -0.15) is 0 Å². The lowest BCUT2D eigenvalue weighted by Gasteiger charge is -2.34. The number of para-hydroxylation sites is 1. The number of benzene rings is 1. The highest BCUT2D eigenvalue weighted by Crippen LogP contribution is 2.25. The SMILES string of the molecule is COC(=O)C1CCN([C@H](C)c2nc3ccccc3c(=O)[nH]2)CC1. The van der Waals surface area contributed by atoms with E-state index in [2.05, 4.69) is 14.9 Å². The Labute approximate surface area is 134 Å². The number of esters is 1. The number of nitrogens with one attached hydrogen (secondary N) is 1. The molecule has 0 amide bonds. The highest BCUT2D eigenvalue weighted by Gasteiger charge is 2.29. The molecule has 2 aromatic rings. The fourth-order valence-electron chi connectivity index (χ4n) is 3.16. The molecule has 122 valence electrons. The number of fused-ring (bicyclic) bond motifs is 1. The molecule has 1 N–H and O–H groups in total. The minimum atomic E-state index is -0.130. The average molecular weight is 315 g/mol. The smallest absolute Gasteiger partial charge is 0.308 e. The maximum atomic E-state index is 12.2. The normalized spacial score (nSPS) is 18.0. The lowest BCUT2D eigenvalue weighted by atomic mass is 9.96. The van der Waals surface area contributed by atoms with Gasteiger partial charge in [0, 0.05) is 0 Å². The first kappa shape index (κ1) is 15.7. The molecule has 23 heavy (non-hydrogen) atoms. The van der Waals surface area contributed by atoms with E-state index in [1.54, 1.807) is 6.07 Å². The second kappa shape index (κ2) is 6.50. The number of rotatable bonds is 3. The lowest BCUT2D eigenvalue weighted by Crippen LogP contribution is -2.39. The van der Waals surface area contributed by atoms with E-state index in [-0.39, 0.29) is 23.5 Å². The van der Waals surface area contributed by atoms with Gasteiger partial charge in [0.15, 0.2) is 0 Å². The molecule has 0 unspecified atom stereocenters. The van der Waals surface area contributed by atoms with Crippen LogP contribution in [0.4, 0.5) is 0 Å². The minimum absolute atomic E-state index is 0.00547. The standard InChI is InChI=1S/C17H21N3O3/c1-11(20-9-7-12(8-10-20)17(22)23-2)15-18-14-6-4-3-5-13(14)16(21)19-15/h3-6,11-12H,7-10H2,1-2H3,(H,18,19,21)/t11-/m1/s1. The molecule has 0 bridgehead atoms. The zero-order valence-corrected chi connectivity index (χ0v) is 13.4. The molecule has 6 heteroatoms. The van der Waals surface area contributed by atoms with Crippen LogP contribution in [0.25, 0.3) is 10.9 Å². The summed E-state index contributed by atoms with van der Waals surface area (Å²) in [6, 6.07) is 7.35. The molecule has 0 spiro atoms. The number of aromatic nitrogens is 2. The summed E-state index contributed by atoms with van der Waals surface area (Å²) in [6.45, 7) is 3.61. The van der Waals surface area contributed by atoms with Crippen molar-refractivity contribution in [1.82, 2.24) is 14.9 Å². The number of aromatic amines is 1. The first-order valence-electron chi connectivity index (χ1n) is 7.91. The molecule has 1 fully saturated rings. The van der Waals surface area contributed by atoms with Gasteiger partial charge in [-0.15, -0.1) is 0 Å². The van der Waals surface area contributed by atoms with Crippen LogP contribution < -0.4 is 5.56 Å². The third kappa shape index (κ3) is 3.12. The summed E-state index contributed by atoms with van der Waals surface area (Å²) in [5.41, 5.74) is 0.601. The first-order chi connectivity index (χ1) is 11.1. The number of carbonyl (C=O) groups is 1. The summed E-state index contributed by atoms with van der Waals surface area (Å²) in [5.74, 6) is 0.520. The van der Waals surface area contributed by atoms with Gasteiger partial charge in [0.05, 0.1) is 30.0 Å². The van der Waals surface area contributed by atoms with Gasteiger partial charge in [-0.25, -0.2) is 4.98 Å². The molecule has 0 aliphatic carbocycles. The number of carbonyl (C=O) groups excluding carboxylic acids is 1. The van der Waals surface area contributed by atoms with Crippen molar-refractivity contribution in [3.8, 4) is 0 Å². The van der Waals surface area contributed by atoms with Crippen LogP contribution in [0.15, 0.2) is 29.1 Å². The van der Waals surface area contributed by atoms with Gasteiger partial charge in [-0.3, -0.25) is 14.5 Å². The van der Waals surface area contributed by atoms with E-state index in [0.29, 0.717) is 16.7 Å². The monoisotopic (exact) mass is 315 g/mol. The number of ether oxygens (including phenoxy) is 1. The molecule has 1 aromatic heterocycles. The molecule has 0 radical (unpaired) electrons. The summed E-state index contributed by atoms with van der Waals surface area (Å²) < 4.78 is 4.82. The molecule has 0 saturated carbocycles. The zero-order chi connectivity index (χ0) is 16.4. The van der Waals surface area contributed by atoms with Crippen molar-refractivity contribution in [1.29, 1.82) is 0 Å². The summed E-state index contributed by atoms with van der Waals surface area (Å²) in [7, 11) is 1.43. The highest BCUT2D eigenvalue weighted by molar-refractivity contribution is 5.77. The van der Waals surface area contributed by atoms with Crippen LogP contribution >= 0.6 is 0 Å². The van der Waals surface area contributed by atoms with Crippen LogP contribution in [0.3, 0.4) is 0 Å². The van der Waals surface area contributed by atoms with Gasteiger partial charge in [0.1, 0.15) is 5.82 Å². The molecule has 1 atom stereocenters. The van der Waals surface area contributed by atoms with Crippen LogP contribution in [0.5, 0.6) is 0 Å². The Bertz CT molecular complexity index is 763. The Morgan fingerprint density at radius 2 is 2.04 bits per heavy atom. The highest BCUT2D eigenvalue weighted by atomic mass is 16.5. The maximum Gasteiger partial charge on any atom is 0.308 e. The lowest BCUT2D eigenvalue weighted by molar-refractivity contribution is -0.147. The predicted octanol–water partition coefficient (Wildman–Crippen LogP) is 1.87. The molecular weight excluding hydrogens is 294 g/mol. The van der Waals surface area contributed by atoms with Gasteiger partial charge in [0.25, 0.3) is 5.56 Å². The summed E-state index contributed by atoms with van der Waals surface area (Å²) in [4.78, 5) is 33.5. The van der Waals surface area contributed by atoms with Crippen molar-refractivity contribution in [2.75, 3.05) is 20.2 Å². The molecule has 1 aliphatic rings. The number of likely N-dealkylation sites (tertiary alicyclic amines) is 1. The van der Waals surface area contributed by atoms with Gasteiger partial charge in [0.2, 0.25) is 0 Å². The number of hydrogen-bond donors (Lipinski definition) is 1. The van der Waals surface area contributed by atoms with E-state index in [1.807, 2.05) is 25.1 Å². The Morgan fingerprint density at radius 3 is 2.74 bits per heavy atom. The van der Waals surface area contributed by atoms with Crippen LogP contribution in [-0.2, 0) is 9.53 Å². The summed E-state index contributed by atoms with van der Waals surface area (Å²) >= 11 is 0. The van der Waals surface area contributed by atoms with Gasteiger partial charge >= 0.3 is 5.97 Å². The van der Waals surface area contributed by atoms with Crippen LogP contribution in [-0.4, -0.2) is 41.0 Å². The Morgan fingerprint density at radius 1 is 1.35 bits per heavy atom. The Kier molecular flexibility index (Phi) is 4.43. The van der Waals surface area contributed by atoms with Gasteiger partial charge in [-0.1, -0.05) is 12.1 Å². The topological polar surface area (TPSA) is 75.3 Å². The van der Waals surface area contributed by atoms with E-state index < -0.39 is 0 Å². The molecule has 1 aliphatic heterocycles. The number of H-pyrrole nitrogens is 1. The Hall–Kier alpha value is -2.21.